The van der Waals surface area contributed by atoms with Gasteiger partial charge >= 0.3 is 0 Å². The predicted molar refractivity (Wildman–Crippen MR) is 119 cm³/mol. The van der Waals surface area contributed by atoms with E-state index in [2.05, 4.69) is 68.5 Å². The van der Waals surface area contributed by atoms with Crippen LogP contribution in [0.5, 0.6) is 0 Å². The van der Waals surface area contributed by atoms with Crippen LogP contribution in [-0.4, -0.2) is 32.3 Å². The Kier molecular flexibility index (Phi) is 6.44. The molecule has 0 amide bonds. The molecule has 0 spiro atoms. The minimum Gasteiger partial charge on any atom is -0.265 e. The molecule has 0 aliphatic rings. The molecule has 0 aliphatic carbocycles. The van der Waals surface area contributed by atoms with Gasteiger partial charge < -0.3 is 0 Å². The van der Waals surface area contributed by atoms with E-state index in [1.54, 1.807) is 0 Å². The number of rotatable bonds is 7. The van der Waals surface area contributed by atoms with Crippen LogP contribution in [0, 0.1) is 0 Å². The summed E-state index contributed by atoms with van der Waals surface area (Å²) in [4.78, 5) is 16.8. The number of aromatic nitrogens is 4. The molecule has 138 valence electrons. The van der Waals surface area contributed by atoms with Gasteiger partial charge in [0.1, 0.15) is 0 Å². The smallest absolute Gasteiger partial charge is 0.0274 e. The molecule has 0 atom stereocenters. The van der Waals surface area contributed by atoms with Crippen molar-refractivity contribution in [1.29, 1.82) is 0 Å². The molecule has 0 fully saturated rings. The first-order valence-corrected chi connectivity index (χ1v) is 12.1. The fourth-order valence-corrected chi connectivity index (χ4v) is 8.31. The van der Waals surface area contributed by atoms with E-state index in [0.29, 0.717) is 0 Å². The lowest BCUT2D eigenvalue weighted by Gasteiger charge is -2.23. The molecular formula is C22H20N4P2. The van der Waals surface area contributed by atoms with E-state index >= 15 is 0 Å². The molecule has 0 unspecified atom stereocenters. The Bertz CT molecular complexity index is 808. The zero-order chi connectivity index (χ0) is 19.0. The largest absolute Gasteiger partial charge is 0.265 e. The fraction of sp³-hybridized carbons (Fsp3) is 0.0909. The highest BCUT2D eigenvalue weighted by Gasteiger charge is 2.19. The summed E-state index contributed by atoms with van der Waals surface area (Å²) in [5.74, 6) is 0. The van der Waals surface area contributed by atoms with Crippen molar-refractivity contribution in [2.24, 2.45) is 0 Å². The summed E-state index contributed by atoms with van der Waals surface area (Å²) in [6, 6.07) is 17.2. The molecule has 4 nitrogen and oxygen atoms in total. The maximum absolute atomic E-state index is 4.20. The van der Waals surface area contributed by atoms with Crippen LogP contribution in [0.1, 0.15) is 0 Å². The average Bonchev–Trinajstić information content (AvgIpc) is 2.79. The Morgan fingerprint density at radius 1 is 0.393 bits per heavy atom. The highest BCUT2D eigenvalue weighted by Crippen LogP contribution is 2.40. The lowest BCUT2D eigenvalue weighted by molar-refractivity contribution is 1.33. The van der Waals surface area contributed by atoms with Crippen molar-refractivity contribution in [2.45, 2.75) is 0 Å². The van der Waals surface area contributed by atoms with Crippen molar-refractivity contribution >= 4 is 37.1 Å². The van der Waals surface area contributed by atoms with Crippen LogP contribution in [0.4, 0.5) is 0 Å². The predicted octanol–water partition coefficient (Wildman–Crippen LogP) is 2.83. The third-order valence-electron chi connectivity index (χ3n) is 4.44. The summed E-state index contributed by atoms with van der Waals surface area (Å²) >= 11 is 0. The maximum Gasteiger partial charge on any atom is 0.0274 e. The minimum atomic E-state index is -0.459. The second kappa shape index (κ2) is 9.59. The normalized spacial score (nSPS) is 11.1. The summed E-state index contributed by atoms with van der Waals surface area (Å²) < 4.78 is 0. The van der Waals surface area contributed by atoms with Crippen molar-refractivity contribution in [3.8, 4) is 0 Å². The summed E-state index contributed by atoms with van der Waals surface area (Å²) in [6.45, 7) is 0. The lowest BCUT2D eigenvalue weighted by Crippen LogP contribution is -2.20. The van der Waals surface area contributed by atoms with E-state index in [1.165, 1.54) is 21.2 Å². The molecule has 0 saturated heterocycles. The lowest BCUT2D eigenvalue weighted by atomic mass is 10.5. The summed E-state index contributed by atoms with van der Waals surface area (Å²) in [7, 11) is -0.918. The van der Waals surface area contributed by atoms with E-state index < -0.39 is 15.8 Å². The van der Waals surface area contributed by atoms with Gasteiger partial charge in [0.2, 0.25) is 0 Å². The first-order valence-electron chi connectivity index (χ1n) is 9.07. The highest BCUT2D eigenvalue weighted by atomic mass is 31.1. The standard InChI is InChI=1S/C22H20N4P2/c1-9-23-10-2-19(1)27(20-3-11-24-12-4-20)17-18-28(21-5-13-25-14-6-21)22-7-15-26-16-8-22/h1-16H,17-18H2. The molecule has 4 aromatic heterocycles. The van der Waals surface area contributed by atoms with E-state index in [1.807, 2.05) is 49.6 Å². The van der Waals surface area contributed by atoms with Gasteiger partial charge in [0, 0.05) is 49.6 Å². The van der Waals surface area contributed by atoms with Crippen LogP contribution < -0.4 is 21.2 Å². The van der Waals surface area contributed by atoms with Gasteiger partial charge in [0.15, 0.2) is 0 Å². The van der Waals surface area contributed by atoms with Crippen molar-refractivity contribution in [2.75, 3.05) is 12.3 Å². The summed E-state index contributed by atoms with van der Waals surface area (Å²) in [6.07, 6.45) is 17.3. The molecule has 4 heterocycles. The first-order chi connectivity index (χ1) is 13.9. The van der Waals surface area contributed by atoms with E-state index in [4.69, 9.17) is 0 Å². The average molecular weight is 402 g/mol. The highest BCUT2D eigenvalue weighted by molar-refractivity contribution is 7.76. The summed E-state index contributed by atoms with van der Waals surface area (Å²) in [5.41, 5.74) is 0. The number of hydrogen-bond donors (Lipinski definition) is 0. The maximum atomic E-state index is 4.20. The van der Waals surface area contributed by atoms with Crippen LogP contribution in [0.2, 0.25) is 0 Å². The molecule has 0 aliphatic heterocycles. The molecule has 4 rings (SSSR count). The molecular weight excluding hydrogens is 382 g/mol. The zero-order valence-corrected chi connectivity index (χ0v) is 17.1. The first kappa shape index (κ1) is 18.8. The van der Waals surface area contributed by atoms with Crippen LogP contribution in [0.3, 0.4) is 0 Å². The Hall–Kier alpha value is -2.54. The third kappa shape index (κ3) is 4.65. The fourth-order valence-electron chi connectivity index (χ4n) is 3.11. The Labute approximate surface area is 167 Å². The van der Waals surface area contributed by atoms with Crippen LogP contribution in [0.25, 0.3) is 0 Å². The molecule has 0 saturated carbocycles. The van der Waals surface area contributed by atoms with Gasteiger partial charge in [0.25, 0.3) is 0 Å². The van der Waals surface area contributed by atoms with E-state index in [9.17, 15) is 0 Å². The van der Waals surface area contributed by atoms with Gasteiger partial charge in [-0.15, -0.1) is 0 Å². The van der Waals surface area contributed by atoms with E-state index in [-0.39, 0.29) is 0 Å². The van der Waals surface area contributed by atoms with Crippen LogP contribution in [-0.2, 0) is 0 Å². The number of hydrogen-bond acceptors (Lipinski definition) is 4. The minimum absolute atomic E-state index is 0.459. The molecule has 0 radical (unpaired) electrons. The van der Waals surface area contributed by atoms with Crippen molar-refractivity contribution in [3.63, 3.8) is 0 Å². The number of pyridine rings is 4. The second-order valence-corrected chi connectivity index (χ2v) is 10.8. The SMILES string of the molecule is c1cc(P(CCP(c2ccncc2)c2ccncc2)c2ccncc2)ccn1. The second-order valence-electron chi connectivity index (χ2n) is 6.12. The monoisotopic (exact) mass is 402 g/mol. The third-order valence-corrected chi connectivity index (χ3v) is 9.83. The Morgan fingerprint density at radius 2 is 0.607 bits per heavy atom. The zero-order valence-electron chi connectivity index (χ0n) is 15.3. The van der Waals surface area contributed by atoms with Crippen molar-refractivity contribution in [3.05, 3.63) is 98.1 Å². The molecule has 0 bridgehead atoms. The van der Waals surface area contributed by atoms with Gasteiger partial charge in [-0.3, -0.25) is 19.9 Å². The van der Waals surface area contributed by atoms with Crippen molar-refractivity contribution < 1.29 is 0 Å². The van der Waals surface area contributed by atoms with E-state index in [0.717, 1.165) is 12.3 Å². The summed E-state index contributed by atoms with van der Waals surface area (Å²) in [5, 5.41) is 5.43. The number of nitrogens with zero attached hydrogens (tertiary/aromatic N) is 4. The topological polar surface area (TPSA) is 51.6 Å². The van der Waals surface area contributed by atoms with Gasteiger partial charge in [-0.1, -0.05) is 0 Å². The molecule has 4 aromatic rings. The van der Waals surface area contributed by atoms with Crippen LogP contribution >= 0.6 is 15.8 Å². The van der Waals surface area contributed by atoms with Gasteiger partial charge in [-0.05, 0) is 97.9 Å². The van der Waals surface area contributed by atoms with Gasteiger partial charge in [-0.25, -0.2) is 0 Å². The Morgan fingerprint density at radius 3 is 0.821 bits per heavy atom. The van der Waals surface area contributed by atoms with Crippen LogP contribution in [0.15, 0.2) is 98.1 Å². The van der Waals surface area contributed by atoms with Gasteiger partial charge in [-0.2, -0.15) is 0 Å². The van der Waals surface area contributed by atoms with Crippen molar-refractivity contribution in [1.82, 2.24) is 19.9 Å². The molecule has 28 heavy (non-hydrogen) atoms. The van der Waals surface area contributed by atoms with Gasteiger partial charge in [0.05, 0.1) is 0 Å². The quantitative estimate of drug-likeness (QED) is 0.446. The molecule has 6 heteroatoms. The Balaban J connectivity index is 1.64. The molecule has 0 N–H and O–H groups in total. The molecule has 0 aromatic carbocycles.